The summed E-state index contributed by atoms with van der Waals surface area (Å²) in [4.78, 5) is 19.3. The molecule has 188 valence electrons. The molecule has 3 rings (SSSR count). The number of benzene rings is 2. The minimum atomic E-state index is -0.256. The van der Waals surface area contributed by atoms with Crippen molar-refractivity contribution in [2.45, 2.75) is 39.0 Å². The molecule has 3 aromatic rings. The summed E-state index contributed by atoms with van der Waals surface area (Å²) in [6.45, 7) is 4.08. The molecule has 0 aliphatic rings. The lowest BCUT2D eigenvalue weighted by atomic mass is 10.1. The third kappa shape index (κ3) is 8.20. The Labute approximate surface area is 210 Å². The lowest BCUT2D eigenvalue weighted by Crippen LogP contribution is -2.32. The van der Waals surface area contributed by atoms with Crippen LogP contribution in [-0.2, 0) is 17.6 Å². The second-order valence-corrected chi connectivity index (χ2v) is 8.91. The molecule has 1 heterocycles. The largest absolute Gasteiger partial charge is 0.493 e. The smallest absolute Gasteiger partial charge is 0.221 e. The molecule has 0 atom stereocenters. The maximum absolute atomic E-state index is 13.1. The van der Waals surface area contributed by atoms with Crippen LogP contribution in [-0.4, -0.2) is 49.1 Å². The van der Waals surface area contributed by atoms with E-state index in [1.54, 1.807) is 26.4 Å². The number of unbranched alkanes of at least 4 members (excludes halogenated alkanes) is 1. The highest BCUT2D eigenvalue weighted by Crippen LogP contribution is 2.27. The Morgan fingerprint density at radius 3 is 2.51 bits per heavy atom. The third-order valence-electron chi connectivity index (χ3n) is 5.58. The number of rotatable bonds is 14. The Balaban J connectivity index is 1.50. The van der Waals surface area contributed by atoms with E-state index in [2.05, 4.69) is 26.5 Å². The average molecular weight is 501 g/mol. The first kappa shape index (κ1) is 26.4. The molecule has 7 nitrogen and oxygen atoms in total. The Morgan fingerprint density at radius 2 is 1.80 bits per heavy atom. The van der Waals surface area contributed by atoms with Crippen LogP contribution in [0.1, 0.15) is 43.1 Å². The molecule has 0 bridgehead atoms. The summed E-state index contributed by atoms with van der Waals surface area (Å²) in [5, 5.41) is 3.82. The number of carbonyl (C=O) groups excluding carboxylic acids is 1. The number of carbonyl (C=O) groups is 1. The van der Waals surface area contributed by atoms with Gasteiger partial charge in [0.25, 0.3) is 0 Å². The van der Waals surface area contributed by atoms with Gasteiger partial charge >= 0.3 is 0 Å². The highest BCUT2D eigenvalue weighted by Gasteiger charge is 2.15. The predicted molar refractivity (Wildman–Crippen MR) is 137 cm³/mol. The molecule has 1 aromatic heterocycles. The average Bonchev–Trinajstić information content (AvgIpc) is 3.33. The van der Waals surface area contributed by atoms with Crippen molar-refractivity contribution in [2.24, 2.45) is 0 Å². The van der Waals surface area contributed by atoms with E-state index < -0.39 is 0 Å². The van der Waals surface area contributed by atoms with E-state index in [1.807, 2.05) is 18.2 Å². The topological polar surface area (TPSA) is 76.6 Å². The van der Waals surface area contributed by atoms with Gasteiger partial charge in [0.05, 0.1) is 14.2 Å². The highest BCUT2D eigenvalue weighted by atomic mass is 32.1. The summed E-state index contributed by atoms with van der Waals surface area (Å²) in [6, 6.07) is 12.2. The van der Waals surface area contributed by atoms with Crippen molar-refractivity contribution in [3.63, 3.8) is 0 Å². The van der Waals surface area contributed by atoms with Gasteiger partial charge in [-0.05, 0) is 48.2 Å². The lowest BCUT2D eigenvalue weighted by Gasteiger charge is -2.20. The predicted octanol–water partition coefficient (Wildman–Crippen LogP) is 4.64. The van der Waals surface area contributed by atoms with Crippen LogP contribution in [0, 0.1) is 5.82 Å². The summed E-state index contributed by atoms with van der Waals surface area (Å²) in [7, 11) is 3.22. The Bertz CT molecular complexity index is 1070. The summed E-state index contributed by atoms with van der Waals surface area (Å²) in [5.41, 5.74) is 2.03. The molecule has 1 amide bonds. The SMILES string of the molecule is CCCCN(CCC(=O)NCCc1ccc(OC)c(OC)c1)c1nc(Cc2ccc(F)cc2)ns1. The molecule has 0 spiro atoms. The molecular weight excluding hydrogens is 467 g/mol. The molecule has 0 saturated carbocycles. The molecule has 0 fully saturated rings. The Hall–Kier alpha value is -3.20. The number of ether oxygens (including phenoxy) is 2. The number of anilines is 1. The Morgan fingerprint density at radius 1 is 1.06 bits per heavy atom. The van der Waals surface area contributed by atoms with Gasteiger partial charge in [-0.1, -0.05) is 31.5 Å². The van der Waals surface area contributed by atoms with E-state index >= 15 is 0 Å². The van der Waals surface area contributed by atoms with Crippen LogP contribution in [0.2, 0.25) is 0 Å². The number of halogens is 1. The second-order valence-electron chi connectivity index (χ2n) is 8.18. The van der Waals surface area contributed by atoms with E-state index in [-0.39, 0.29) is 11.7 Å². The first-order valence-electron chi connectivity index (χ1n) is 11.8. The molecule has 9 heteroatoms. The number of methoxy groups -OCH3 is 2. The first-order valence-corrected chi connectivity index (χ1v) is 12.6. The molecule has 0 saturated heterocycles. The summed E-state index contributed by atoms with van der Waals surface area (Å²) in [6.07, 6.45) is 3.69. The first-order chi connectivity index (χ1) is 17.0. The maximum Gasteiger partial charge on any atom is 0.221 e. The fourth-order valence-electron chi connectivity index (χ4n) is 3.59. The number of hydrogen-bond donors (Lipinski definition) is 1. The van der Waals surface area contributed by atoms with Gasteiger partial charge in [0, 0.05) is 44.0 Å². The molecule has 2 aromatic carbocycles. The van der Waals surface area contributed by atoms with Crippen LogP contribution < -0.4 is 19.7 Å². The van der Waals surface area contributed by atoms with Gasteiger partial charge in [-0.2, -0.15) is 4.37 Å². The van der Waals surface area contributed by atoms with Gasteiger partial charge < -0.3 is 19.7 Å². The van der Waals surface area contributed by atoms with E-state index in [9.17, 15) is 9.18 Å². The normalized spacial score (nSPS) is 10.7. The van der Waals surface area contributed by atoms with Gasteiger partial charge in [-0.15, -0.1) is 0 Å². The van der Waals surface area contributed by atoms with Crippen LogP contribution in [0.5, 0.6) is 11.5 Å². The zero-order valence-corrected chi connectivity index (χ0v) is 21.4. The molecule has 0 aliphatic heterocycles. The molecule has 35 heavy (non-hydrogen) atoms. The number of nitrogens with zero attached hydrogens (tertiary/aromatic N) is 3. The number of nitrogens with one attached hydrogen (secondary N) is 1. The van der Waals surface area contributed by atoms with Gasteiger partial charge in [-0.3, -0.25) is 4.79 Å². The lowest BCUT2D eigenvalue weighted by molar-refractivity contribution is -0.120. The van der Waals surface area contributed by atoms with E-state index in [4.69, 9.17) is 9.47 Å². The van der Waals surface area contributed by atoms with Crippen molar-refractivity contribution in [3.05, 3.63) is 65.2 Å². The van der Waals surface area contributed by atoms with Crippen LogP contribution in [0.25, 0.3) is 0 Å². The zero-order valence-electron chi connectivity index (χ0n) is 20.6. The summed E-state index contributed by atoms with van der Waals surface area (Å²) >= 11 is 1.34. The van der Waals surface area contributed by atoms with Gasteiger partial charge in [0.2, 0.25) is 11.0 Å². The molecule has 1 N–H and O–H groups in total. The van der Waals surface area contributed by atoms with Crippen molar-refractivity contribution >= 4 is 22.6 Å². The number of aromatic nitrogens is 2. The molecule has 0 radical (unpaired) electrons. The fourth-order valence-corrected chi connectivity index (χ4v) is 4.33. The van der Waals surface area contributed by atoms with Gasteiger partial charge in [0.15, 0.2) is 11.5 Å². The molecular formula is C26H33FN4O3S. The van der Waals surface area contributed by atoms with Crippen molar-refractivity contribution < 1.29 is 18.7 Å². The number of hydrogen-bond acceptors (Lipinski definition) is 7. The van der Waals surface area contributed by atoms with Gasteiger partial charge in [0.1, 0.15) is 11.6 Å². The second kappa shape index (κ2) is 13.6. The molecule has 0 aliphatic carbocycles. The fraction of sp³-hybridized carbons (Fsp3) is 0.423. The van der Waals surface area contributed by atoms with Gasteiger partial charge in [-0.25, -0.2) is 9.37 Å². The minimum Gasteiger partial charge on any atom is -0.493 e. The van der Waals surface area contributed by atoms with E-state index in [0.717, 1.165) is 35.6 Å². The van der Waals surface area contributed by atoms with E-state index in [1.165, 1.54) is 23.7 Å². The molecule has 0 unspecified atom stereocenters. The summed E-state index contributed by atoms with van der Waals surface area (Å²) in [5.74, 6) is 1.82. The van der Waals surface area contributed by atoms with Crippen molar-refractivity contribution in [2.75, 3.05) is 38.8 Å². The van der Waals surface area contributed by atoms with Crippen LogP contribution in [0.15, 0.2) is 42.5 Å². The van der Waals surface area contributed by atoms with E-state index in [0.29, 0.717) is 49.7 Å². The monoisotopic (exact) mass is 500 g/mol. The summed E-state index contributed by atoms with van der Waals surface area (Å²) < 4.78 is 28.2. The van der Waals surface area contributed by atoms with Crippen LogP contribution >= 0.6 is 11.5 Å². The van der Waals surface area contributed by atoms with Crippen molar-refractivity contribution in [1.82, 2.24) is 14.7 Å². The quantitative estimate of drug-likeness (QED) is 0.348. The van der Waals surface area contributed by atoms with Crippen molar-refractivity contribution in [1.29, 1.82) is 0 Å². The minimum absolute atomic E-state index is 0.00280. The standard InChI is InChI=1S/C26H33FN4O3S/c1-4-5-15-31(26-29-24(30-35-26)18-19-6-9-21(27)10-7-19)16-13-25(32)28-14-12-20-8-11-22(33-2)23(17-20)34-3/h6-11,17H,4-5,12-16,18H2,1-3H3,(H,28,32). The number of amides is 1. The van der Waals surface area contributed by atoms with Crippen molar-refractivity contribution in [3.8, 4) is 11.5 Å². The Kier molecular flexibility index (Phi) is 10.3. The van der Waals surface area contributed by atoms with Crippen LogP contribution in [0.3, 0.4) is 0 Å². The highest BCUT2D eigenvalue weighted by molar-refractivity contribution is 7.09. The third-order valence-corrected chi connectivity index (χ3v) is 6.39. The van der Waals surface area contributed by atoms with Crippen LogP contribution in [0.4, 0.5) is 9.52 Å². The maximum atomic E-state index is 13.1. The zero-order chi connectivity index (χ0) is 25.0.